The zero-order chi connectivity index (χ0) is 13.8. The molecule has 0 aliphatic carbocycles. The molecule has 106 valence electrons. The molecule has 2 atom stereocenters. The van der Waals surface area contributed by atoms with Gasteiger partial charge >= 0.3 is 0 Å². The van der Waals surface area contributed by atoms with E-state index in [1.165, 1.54) is 0 Å². The minimum absolute atomic E-state index is 0.0405. The SMILES string of the molecule is O[C@H]1CN[C@H](c2nc(CCOc3ccccc3)no2)C1. The first-order chi connectivity index (χ1) is 9.81. The monoisotopic (exact) mass is 275 g/mol. The molecule has 0 spiro atoms. The van der Waals surface area contributed by atoms with Crippen LogP contribution in [0.1, 0.15) is 24.2 Å². The Kier molecular flexibility index (Phi) is 3.94. The van der Waals surface area contributed by atoms with Gasteiger partial charge in [0.15, 0.2) is 5.82 Å². The molecule has 3 rings (SSSR count). The fourth-order valence-corrected chi connectivity index (χ4v) is 2.19. The fraction of sp³-hybridized carbons (Fsp3) is 0.429. The lowest BCUT2D eigenvalue weighted by atomic mass is 10.2. The van der Waals surface area contributed by atoms with Crippen molar-refractivity contribution in [3.05, 3.63) is 42.0 Å². The van der Waals surface area contributed by atoms with E-state index in [2.05, 4.69) is 15.5 Å². The Hall–Kier alpha value is -1.92. The summed E-state index contributed by atoms with van der Waals surface area (Å²) in [5.41, 5.74) is 0. The quantitative estimate of drug-likeness (QED) is 0.850. The molecular weight excluding hydrogens is 258 g/mol. The topological polar surface area (TPSA) is 80.4 Å². The average molecular weight is 275 g/mol. The summed E-state index contributed by atoms with van der Waals surface area (Å²) in [6, 6.07) is 9.58. The predicted octanol–water partition coefficient (Wildman–Crippen LogP) is 1.09. The van der Waals surface area contributed by atoms with Gasteiger partial charge in [0.2, 0.25) is 5.89 Å². The number of aromatic nitrogens is 2. The highest BCUT2D eigenvalue weighted by molar-refractivity contribution is 5.20. The molecule has 1 saturated heterocycles. The van der Waals surface area contributed by atoms with Gasteiger partial charge in [-0.1, -0.05) is 23.4 Å². The number of nitrogens with zero attached hydrogens (tertiary/aromatic N) is 2. The molecule has 6 nitrogen and oxygen atoms in total. The van der Waals surface area contributed by atoms with Crippen molar-refractivity contribution >= 4 is 0 Å². The van der Waals surface area contributed by atoms with E-state index in [9.17, 15) is 5.11 Å². The van der Waals surface area contributed by atoms with Gasteiger partial charge in [-0.25, -0.2) is 0 Å². The number of ether oxygens (including phenoxy) is 1. The third-order valence-corrected chi connectivity index (χ3v) is 3.23. The number of aliphatic hydroxyl groups excluding tert-OH is 1. The number of benzene rings is 1. The number of hydrogen-bond acceptors (Lipinski definition) is 6. The molecular formula is C14H17N3O3. The van der Waals surface area contributed by atoms with E-state index in [-0.39, 0.29) is 12.1 Å². The Bertz CT molecular complexity index is 544. The van der Waals surface area contributed by atoms with Crippen molar-refractivity contribution in [1.29, 1.82) is 0 Å². The van der Waals surface area contributed by atoms with E-state index in [0.717, 1.165) is 5.75 Å². The van der Waals surface area contributed by atoms with Gasteiger partial charge in [0, 0.05) is 13.0 Å². The second-order valence-electron chi connectivity index (χ2n) is 4.81. The summed E-state index contributed by atoms with van der Waals surface area (Å²) >= 11 is 0. The minimum Gasteiger partial charge on any atom is -0.493 e. The molecule has 0 bridgehead atoms. The molecule has 0 saturated carbocycles. The van der Waals surface area contributed by atoms with E-state index >= 15 is 0 Å². The van der Waals surface area contributed by atoms with E-state index < -0.39 is 0 Å². The highest BCUT2D eigenvalue weighted by Gasteiger charge is 2.27. The number of hydrogen-bond donors (Lipinski definition) is 2. The second kappa shape index (κ2) is 6.02. The third kappa shape index (κ3) is 3.15. The third-order valence-electron chi connectivity index (χ3n) is 3.23. The summed E-state index contributed by atoms with van der Waals surface area (Å²) in [5, 5.41) is 16.5. The van der Waals surface area contributed by atoms with Crippen LogP contribution in [-0.4, -0.2) is 34.5 Å². The summed E-state index contributed by atoms with van der Waals surface area (Å²) < 4.78 is 10.8. The van der Waals surface area contributed by atoms with Gasteiger partial charge in [0.05, 0.1) is 18.8 Å². The second-order valence-corrected chi connectivity index (χ2v) is 4.81. The number of nitrogens with one attached hydrogen (secondary N) is 1. The van der Waals surface area contributed by atoms with E-state index in [1.807, 2.05) is 30.3 Å². The van der Waals surface area contributed by atoms with Crippen LogP contribution in [0, 0.1) is 0 Å². The van der Waals surface area contributed by atoms with Crippen molar-refractivity contribution in [3.63, 3.8) is 0 Å². The summed E-state index contributed by atoms with van der Waals surface area (Å²) in [6.45, 7) is 1.07. The molecule has 2 aromatic rings. The van der Waals surface area contributed by atoms with E-state index in [0.29, 0.717) is 37.7 Å². The summed E-state index contributed by atoms with van der Waals surface area (Å²) in [7, 11) is 0. The van der Waals surface area contributed by atoms with Crippen molar-refractivity contribution in [1.82, 2.24) is 15.5 Å². The van der Waals surface area contributed by atoms with Gasteiger partial charge < -0.3 is 19.7 Å². The van der Waals surface area contributed by atoms with Crippen LogP contribution < -0.4 is 10.1 Å². The lowest BCUT2D eigenvalue weighted by Gasteiger charge is -2.03. The number of rotatable bonds is 5. The van der Waals surface area contributed by atoms with Crippen LogP contribution in [0.3, 0.4) is 0 Å². The molecule has 1 aromatic carbocycles. The van der Waals surface area contributed by atoms with Gasteiger partial charge in [0.25, 0.3) is 0 Å². The fourth-order valence-electron chi connectivity index (χ4n) is 2.19. The van der Waals surface area contributed by atoms with Crippen LogP contribution in [0.15, 0.2) is 34.9 Å². The maximum Gasteiger partial charge on any atom is 0.243 e. The van der Waals surface area contributed by atoms with Crippen LogP contribution in [0.25, 0.3) is 0 Å². The van der Waals surface area contributed by atoms with Crippen molar-refractivity contribution in [3.8, 4) is 5.75 Å². The number of aliphatic hydroxyl groups is 1. The molecule has 6 heteroatoms. The van der Waals surface area contributed by atoms with Crippen molar-refractivity contribution in [2.24, 2.45) is 0 Å². The van der Waals surface area contributed by atoms with Crippen molar-refractivity contribution in [2.45, 2.75) is 25.0 Å². The zero-order valence-corrected chi connectivity index (χ0v) is 11.0. The van der Waals surface area contributed by atoms with Gasteiger partial charge in [-0.05, 0) is 18.6 Å². The molecule has 1 fully saturated rings. The van der Waals surface area contributed by atoms with Crippen LogP contribution in [0.5, 0.6) is 5.75 Å². The number of β-amino-alcohol motifs (C(OH)–C–C–N with tert-alkyl or cyclic N) is 1. The Morgan fingerprint density at radius 3 is 2.95 bits per heavy atom. The summed E-state index contributed by atoms with van der Waals surface area (Å²) in [4.78, 5) is 4.33. The van der Waals surface area contributed by atoms with Gasteiger partial charge in [-0.2, -0.15) is 4.98 Å². The zero-order valence-electron chi connectivity index (χ0n) is 11.0. The standard InChI is InChI=1S/C14H17N3O3/c18-10-8-12(15-9-10)14-16-13(17-20-14)6-7-19-11-4-2-1-3-5-11/h1-5,10,12,15,18H,6-9H2/t10-,12+/m1/s1. The molecule has 0 unspecified atom stereocenters. The molecule has 0 amide bonds. The van der Waals surface area contributed by atoms with Gasteiger partial charge in [-0.3, -0.25) is 0 Å². The normalized spacial score (nSPS) is 22.1. The van der Waals surface area contributed by atoms with Crippen LogP contribution in [-0.2, 0) is 6.42 Å². The highest BCUT2D eigenvalue weighted by Crippen LogP contribution is 2.21. The lowest BCUT2D eigenvalue weighted by molar-refractivity contribution is 0.191. The molecule has 1 aliphatic rings. The highest BCUT2D eigenvalue weighted by atomic mass is 16.5. The Balaban J connectivity index is 1.50. The first kappa shape index (κ1) is 13.1. The molecule has 1 aliphatic heterocycles. The maximum absolute atomic E-state index is 9.46. The first-order valence-corrected chi connectivity index (χ1v) is 6.73. The molecule has 20 heavy (non-hydrogen) atoms. The maximum atomic E-state index is 9.46. The Morgan fingerprint density at radius 1 is 1.35 bits per heavy atom. The minimum atomic E-state index is -0.336. The number of para-hydroxylation sites is 1. The van der Waals surface area contributed by atoms with Gasteiger partial charge in [-0.15, -0.1) is 0 Å². The van der Waals surface area contributed by atoms with E-state index in [4.69, 9.17) is 9.26 Å². The van der Waals surface area contributed by atoms with Crippen LogP contribution >= 0.6 is 0 Å². The molecule has 2 heterocycles. The van der Waals surface area contributed by atoms with Crippen LogP contribution in [0.2, 0.25) is 0 Å². The first-order valence-electron chi connectivity index (χ1n) is 6.73. The Morgan fingerprint density at radius 2 is 2.20 bits per heavy atom. The summed E-state index contributed by atoms with van der Waals surface area (Å²) in [5.74, 6) is 1.99. The smallest absolute Gasteiger partial charge is 0.243 e. The van der Waals surface area contributed by atoms with Crippen LogP contribution in [0.4, 0.5) is 0 Å². The Labute approximate surface area is 116 Å². The lowest BCUT2D eigenvalue weighted by Crippen LogP contribution is -2.15. The van der Waals surface area contributed by atoms with Crippen molar-refractivity contribution in [2.75, 3.05) is 13.2 Å². The molecule has 0 radical (unpaired) electrons. The average Bonchev–Trinajstić information content (AvgIpc) is 3.09. The summed E-state index contributed by atoms with van der Waals surface area (Å²) in [6.07, 6.45) is 0.868. The predicted molar refractivity (Wildman–Crippen MR) is 71.3 cm³/mol. The van der Waals surface area contributed by atoms with E-state index in [1.54, 1.807) is 0 Å². The van der Waals surface area contributed by atoms with Crippen molar-refractivity contribution < 1.29 is 14.4 Å². The largest absolute Gasteiger partial charge is 0.493 e. The van der Waals surface area contributed by atoms with Gasteiger partial charge in [0.1, 0.15) is 5.75 Å². The molecule has 1 aromatic heterocycles. The molecule has 2 N–H and O–H groups in total.